The van der Waals surface area contributed by atoms with Gasteiger partial charge in [-0.05, 0) is 50.6 Å². The zero-order valence-corrected chi connectivity index (χ0v) is 9.48. The molecule has 1 N–H and O–H groups in total. The fourth-order valence-corrected chi connectivity index (χ4v) is 1.78. The lowest BCUT2D eigenvalue weighted by Crippen LogP contribution is -2.10. The van der Waals surface area contributed by atoms with Gasteiger partial charge in [0, 0.05) is 0 Å². The van der Waals surface area contributed by atoms with Crippen molar-refractivity contribution in [2.24, 2.45) is 0 Å². The smallest absolute Gasteiger partial charge is 0.124 e. The van der Waals surface area contributed by atoms with Gasteiger partial charge in [-0.3, -0.25) is 0 Å². The number of aryl methyl sites for hydroxylation is 2. The highest BCUT2D eigenvalue weighted by molar-refractivity contribution is 5.43. The lowest BCUT2D eigenvalue weighted by molar-refractivity contribution is 0.408. The molecule has 0 aliphatic heterocycles. The Hall–Kier alpha value is -1.02. The van der Waals surface area contributed by atoms with Crippen LogP contribution < -0.4 is 10.1 Å². The van der Waals surface area contributed by atoms with Gasteiger partial charge in [0.15, 0.2) is 0 Å². The molecule has 0 spiro atoms. The van der Waals surface area contributed by atoms with E-state index < -0.39 is 0 Å². The van der Waals surface area contributed by atoms with Crippen LogP contribution in [0.5, 0.6) is 5.75 Å². The van der Waals surface area contributed by atoms with E-state index in [1.54, 1.807) is 7.11 Å². The lowest BCUT2D eigenvalue weighted by atomic mass is 10.0. The van der Waals surface area contributed by atoms with E-state index in [4.69, 9.17) is 4.74 Å². The van der Waals surface area contributed by atoms with Crippen molar-refractivity contribution >= 4 is 0 Å². The largest absolute Gasteiger partial charge is 0.496 e. The van der Waals surface area contributed by atoms with Crippen LogP contribution in [0.25, 0.3) is 0 Å². The van der Waals surface area contributed by atoms with Crippen molar-refractivity contribution in [3.63, 3.8) is 0 Å². The van der Waals surface area contributed by atoms with E-state index in [0.29, 0.717) is 0 Å². The molecule has 0 radical (unpaired) electrons. The van der Waals surface area contributed by atoms with Gasteiger partial charge in [-0.25, -0.2) is 0 Å². The molecule has 0 unspecified atom stereocenters. The van der Waals surface area contributed by atoms with Crippen LogP contribution in [0.1, 0.15) is 16.7 Å². The number of nitrogens with one attached hydrogen (secondary N) is 1. The Bertz CT molecular complexity index is 284. The van der Waals surface area contributed by atoms with E-state index in [-0.39, 0.29) is 0 Å². The maximum atomic E-state index is 5.32. The Kier molecular flexibility index (Phi) is 3.96. The van der Waals surface area contributed by atoms with E-state index in [1.807, 2.05) is 7.05 Å². The quantitative estimate of drug-likeness (QED) is 0.790. The molecule has 0 heterocycles. The summed E-state index contributed by atoms with van der Waals surface area (Å²) in [5, 5.41) is 3.15. The van der Waals surface area contributed by atoms with Gasteiger partial charge < -0.3 is 10.1 Å². The Morgan fingerprint density at radius 1 is 1.21 bits per heavy atom. The molecule has 2 heteroatoms. The topological polar surface area (TPSA) is 21.3 Å². The fourth-order valence-electron chi connectivity index (χ4n) is 1.78. The predicted molar refractivity (Wildman–Crippen MR) is 60.1 cm³/mol. The van der Waals surface area contributed by atoms with Gasteiger partial charge in [0.05, 0.1) is 7.11 Å². The third-order valence-corrected chi connectivity index (χ3v) is 2.39. The monoisotopic (exact) mass is 193 g/mol. The van der Waals surface area contributed by atoms with Crippen molar-refractivity contribution in [2.45, 2.75) is 20.3 Å². The van der Waals surface area contributed by atoms with Crippen molar-refractivity contribution in [1.29, 1.82) is 0 Å². The summed E-state index contributed by atoms with van der Waals surface area (Å²) >= 11 is 0. The Morgan fingerprint density at radius 2 is 1.79 bits per heavy atom. The summed E-state index contributed by atoms with van der Waals surface area (Å²) in [6.07, 6.45) is 1.07. The van der Waals surface area contributed by atoms with E-state index in [1.165, 1.54) is 16.7 Å². The minimum absolute atomic E-state index is 1.01. The summed E-state index contributed by atoms with van der Waals surface area (Å²) in [5.41, 5.74) is 3.81. The van der Waals surface area contributed by atoms with Gasteiger partial charge in [-0.15, -0.1) is 0 Å². The second kappa shape index (κ2) is 5.01. The molecule has 1 rings (SSSR count). The fraction of sp³-hybridized carbons (Fsp3) is 0.500. The first-order chi connectivity index (χ1) is 6.69. The van der Waals surface area contributed by atoms with E-state index in [0.717, 1.165) is 18.7 Å². The SMILES string of the molecule is CNCCc1cc(C)c(OC)c(C)c1. The normalized spacial score (nSPS) is 10.3. The Morgan fingerprint density at radius 3 is 2.21 bits per heavy atom. The standard InChI is InChI=1S/C12H19NO/c1-9-7-11(5-6-13-3)8-10(2)12(9)14-4/h7-8,13H,5-6H2,1-4H3. The highest BCUT2D eigenvalue weighted by Crippen LogP contribution is 2.24. The number of ether oxygens (including phenoxy) is 1. The van der Waals surface area contributed by atoms with Gasteiger partial charge in [0.1, 0.15) is 5.75 Å². The van der Waals surface area contributed by atoms with Crippen molar-refractivity contribution < 1.29 is 4.74 Å². The minimum Gasteiger partial charge on any atom is -0.496 e. The molecule has 1 aromatic carbocycles. The van der Waals surface area contributed by atoms with Crippen LogP contribution >= 0.6 is 0 Å². The minimum atomic E-state index is 1.01. The van der Waals surface area contributed by atoms with Crippen molar-refractivity contribution in [3.05, 3.63) is 28.8 Å². The average molecular weight is 193 g/mol. The van der Waals surface area contributed by atoms with Gasteiger partial charge in [0.25, 0.3) is 0 Å². The maximum Gasteiger partial charge on any atom is 0.124 e. The number of benzene rings is 1. The van der Waals surface area contributed by atoms with Crippen LogP contribution in [0.2, 0.25) is 0 Å². The van der Waals surface area contributed by atoms with E-state index in [9.17, 15) is 0 Å². The Balaban J connectivity index is 2.90. The second-order valence-corrected chi connectivity index (χ2v) is 3.62. The van der Waals surface area contributed by atoms with Gasteiger partial charge >= 0.3 is 0 Å². The third kappa shape index (κ3) is 2.48. The second-order valence-electron chi connectivity index (χ2n) is 3.62. The van der Waals surface area contributed by atoms with Gasteiger partial charge in [-0.1, -0.05) is 12.1 Å². The molecule has 1 aromatic rings. The average Bonchev–Trinajstić information content (AvgIpc) is 2.14. The molecule has 78 valence electrons. The highest BCUT2D eigenvalue weighted by atomic mass is 16.5. The molecule has 0 amide bonds. The molecule has 0 saturated heterocycles. The van der Waals surface area contributed by atoms with Crippen molar-refractivity contribution in [1.82, 2.24) is 5.32 Å². The molecule has 0 aliphatic rings. The summed E-state index contributed by atoms with van der Waals surface area (Å²) in [7, 11) is 3.70. The first-order valence-corrected chi connectivity index (χ1v) is 4.97. The first-order valence-electron chi connectivity index (χ1n) is 4.97. The summed E-state index contributed by atoms with van der Waals surface area (Å²) in [5.74, 6) is 1.01. The van der Waals surface area contributed by atoms with Crippen LogP contribution in [0, 0.1) is 13.8 Å². The molecule has 0 aliphatic carbocycles. The van der Waals surface area contributed by atoms with Crippen LogP contribution in [-0.2, 0) is 6.42 Å². The van der Waals surface area contributed by atoms with Crippen LogP contribution in [0.3, 0.4) is 0 Å². The number of hydrogen-bond donors (Lipinski definition) is 1. The zero-order chi connectivity index (χ0) is 10.6. The highest BCUT2D eigenvalue weighted by Gasteiger charge is 2.04. The maximum absolute atomic E-state index is 5.32. The van der Waals surface area contributed by atoms with Crippen LogP contribution in [-0.4, -0.2) is 20.7 Å². The van der Waals surface area contributed by atoms with Gasteiger partial charge in [-0.2, -0.15) is 0 Å². The molecule has 0 aromatic heterocycles. The number of likely N-dealkylation sites (N-methyl/N-ethyl adjacent to an activating group) is 1. The number of hydrogen-bond acceptors (Lipinski definition) is 2. The molecular weight excluding hydrogens is 174 g/mol. The molecule has 0 atom stereocenters. The van der Waals surface area contributed by atoms with E-state index in [2.05, 4.69) is 31.3 Å². The molecule has 0 saturated carbocycles. The molecular formula is C12H19NO. The van der Waals surface area contributed by atoms with Crippen molar-refractivity contribution in [2.75, 3.05) is 20.7 Å². The molecule has 0 bridgehead atoms. The first kappa shape index (κ1) is 11.1. The van der Waals surface area contributed by atoms with Crippen LogP contribution in [0.4, 0.5) is 0 Å². The molecule has 14 heavy (non-hydrogen) atoms. The molecule has 0 fully saturated rings. The lowest BCUT2D eigenvalue weighted by Gasteiger charge is -2.11. The predicted octanol–water partition coefficient (Wildman–Crippen LogP) is 2.07. The number of methoxy groups -OCH3 is 1. The summed E-state index contributed by atoms with van der Waals surface area (Å²) < 4.78 is 5.32. The third-order valence-electron chi connectivity index (χ3n) is 2.39. The van der Waals surface area contributed by atoms with Gasteiger partial charge in [0.2, 0.25) is 0 Å². The zero-order valence-electron chi connectivity index (χ0n) is 9.48. The summed E-state index contributed by atoms with van der Waals surface area (Å²) in [6.45, 7) is 5.20. The van der Waals surface area contributed by atoms with E-state index >= 15 is 0 Å². The summed E-state index contributed by atoms with van der Waals surface area (Å²) in [6, 6.07) is 4.40. The number of rotatable bonds is 4. The van der Waals surface area contributed by atoms with Crippen molar-refractivity contribution in [3.8, 4) is 5.75 Å². The summed E-state index contributed by atoms with van der Waals surface area (Å²) in [4.78, 5) is 0. The Labute approximate surface area is 86.3 Å². The van der Waals surface area contributed by atoms with Crippen LogP contribution in [0.15, 0.2) is 12.1 Å². The molecule has 2 nitrogen and oxygen atoms in total.